The highest BCUT2D eigenvalue weighted by Gasteiger charge is 2.14. The van der Waals surface area contributed by atoms with E-state index in [9.17, 15) is 0 Å². The van der Waals surface area contributed by atoms with Crippen molar-refractivity contribution in [3.05, 3.63) is 22.8 Å². The maximum Gasteiger partial charge on any atom is 0.147 e. The van der Waals surface area contributed by atoms with Crippen LogP contribution in [0.5, 0.6) is 0 Å². The summed E-state index contributed by atoms with van der Waals surface area (Å²) in [7, 11) is 0. The predicted molar refractivity (Wildman–Crippen MR) is 74.9 cm³/mol. The summed E-state index contributed by atoms with van der Waals surface area (Å²) in [4.78, 5) is 6.60. The zero-order chi connectivity index (χ0) is 12.8. The van der Waals surface area contributed by atoms with Gasteiger partial charge in [-0.3, -0.25) is 0 Å². The first kappa shape index (κ1) is 13.2. The smallest absolute Gasteiger partial charge is 0.147 e. The molecule has 0 aromatic carbocycles. The minimum Gasteiger partial charge on any atom is -0.353 e. The molecule has 0 amide bonds. The molecule has 1 aromatic heterocycles. The summed E-state index contributed by atoms with van der Waals surface area (Å²) in [5, 5.41) is 3.97. The summed E-state index contributed by atoms with van der Waals surface area (Å²) in [5.41, 5.74) is 6.23. The SMILES string of the molecule is NCCC#Cc1cnc(N2CCNCC2)c(Cl)c1. The Morgan fingerprint density at radius 2 is 2.22 bits per heavy atom. The van der Waals surface area contributed by atoms with Crippen LogP contribution in [0, 0.1) is 11.8 Å². The quantitative estimate of drug-likeness (QED) is 0.778. The van der Waals surface area contributed by atoms with Gasteiger partial charge >= 0.3 is 0 Å². The lowest BCUT2D eigenvalue weighted by molar-refractivity contribution is 0.585. The monoisotopic (exact) mass is 264 g/mol. The van der Waals surface area contributed by atoms with Gasteiger partial charge in [-0.1, -0.05) is 23.4 Å². The van der Waals surface area contributed by atoms with Gasteiger partial charge in [0, 0.05) is 50.9 Å². The van der Waals surface area contributed by atoms with E-state index in [2.05, 4.69) is 27.0 Å². The van der Waals surface area contributed by atoms with Gasteiger partial charge in [-0.25, -0.2) is 4.98 Å². The molecule has 0 aliphatic carbocycles. The first-order chi connectivity index (χ1) is 8.81. The number of hydrogen-bond acceptors (Lipinski definition) is 4. The van der Waals surface area contributed by atoms with Crippen LogP contribution in [0.4, 0.5) is 5.82 Å². The summed E-state index contributed by atoms with van der Waals surface area (Å²) in [6.45, 7) is 4.38. The Bertz CT molecular complexity index is 458. The summed E-state index contributed by atoms with van der Waals surface area (Å²) in [6, 6.07) is 1.87. The van der Waals surface area contributed by atoms with E-state index in [0.717, 1.165) is 37.6 Å². The second-order valence-electron chi connectivity index (χ2n) is 4.11. The third kappa shape index (κ3) is 3.36. The van der Waals surface area contributed by atoms with Gasteiger partial charge in [-0.05, 0) is 6.07 Å². The van der Waals surface area contributed by atoms with E-state index in [1.807, 2.05) is 6.07 Å². The normalized spacial score (nSPS) is 15.1. The molecule has 4 nitrogen and oxygen atoms in total. The molecule has 2 heterocycles. The van der Waals surface area contributed by atoms with Crippen molar-refractivity contribution in [2.45, 2.75) is 6.42 Å². The number of nitrogens with two attached hydrogens (primary N) is 1. The molecule has 3 N–H and O–H groups in total. The fraction of sp³-hybridized carbons (Fsp3) is 0.462. The number of pyridine rings is 1. The predicted octanol–water partition coefficient (Wildman–Crippen LogP) is 0.845. The van der Waals surface area contributed by atoms with Gasteiger partial charge in [-0.2, -0.15) is 0 Å². The Balaban J connectivity index is 2.12. The molecule has 0 bridgehead atoms. The third-order valence-corrected chi connectivity index (χ3v) is 3.02. The van der Waals surface area contributed by atoms with Gasteiger partial charge in [0.1, 0.15) is 5.82 Å². The van der Waals surface area contributed by atoms with Crippen molar-refractivity contribution < 1.29 is 0 Å². The van der Waals surface area contributed by atoms with E-state index in [1.165, 1.54) is 0 Å². The molecule has 96 valence electrons. The third-order valence-electron chi connectivity index (χ3n) is 2.74. The Labute approximate surface area is 113 Å². The van der Waals surface area contributed by atoms with Gasteiger partial charge in [-0.15, -0.1) is 0 Å². The first-order valence-corrected chi connectivity index (χ1v) is 6.49. The van der Waals surface area contributed by atoms with E-state index in [4.69, 9.17) is 17.3 Å². The summed E-state index contributed by atoms with van der Waals surface area (Å²) in [6.07, 6.45) is 2.46. The number of anilines is 1. The number of halogens is 1. The van der Waals surface area contributed by atoms with Crippen LogP contribution in [-0.4, -0.2) is 37.7 Å². The molecular formula is C13H17ClN4. The minimum atomic E-state index is 0.576. The average Bonchev–Trinajstić information content (AvgIpc) is 2.40. The van der Waals surface area contributed by atoms with Crippen molar-refractivity contribution in [2.24, 2.45) is 5.73 Å². The summed E-state index contributed by atoms with van der Waals surface area (Å²) >= 11 is 6.26. The van der Waals surface area contributed by atoms with Gasteiger partial charge in [0.2, 0.25) is 0 Å². The second-order valence-corrected chi connectivity index (χ2v) is 4.51. The number of nitrogens with zero attached hydrogens (tertiary/aromatic N) is 2. The standard InChI is InChI=1S/C13H17ClN4/c14-12-9-11(3-1-2-4-15)10-17-13(12)18-7-5-16-6-8-18/h9-10,16H,2,4-8,15H2. The van der Waals surface area contributed by atoms with Crippen LogP contribution in [0.25, 0.3) is 0 Å². The van der Waals surface area contributed by atoms with Gasteiger partial charge in [0.15, 0.2) is 0 Å². The molecule has 2 rings (SSSR count). The summed E-state index contributed by atoms with van der Waals surface area (Å²) < 4.78 is 0. The molecule has 1 aromatic rings. The topological polar surface area (TPSA) is 54.2 Å². The second kappa shape index (κ2) is 6.60. The molecular weight excluding hydrogens is 248 g/mol. The van der Waals surface area contributed by atoms with Crippen LogP contribution in [0.2, 0.25) is 5.02 Å². The highest BCUT2D eigenvalue weighted by Crippen LogP contribution is 2.23. The number of rotatable bonds is 2. The van der Waals surface area contributed by atoms with Crippen molar-refractivity contribution in [3.8, 4) is 11.8 Å². The van der Waals surface area contributed by atoms with Crippen LogP contribution in [-0.2, 0) is 0 Å². The number of nitrogens with one attached hydrogen (secondary N) is 1. The van der Waals surface area contributed by atoms with E-state index in [1.54, 1.807) is 6.20 Å². The molecule has 1 fully saturated rings. The molecule has 0 spiro atoms. The minimum absolute atomic E-state index is 0.576. The molecule has 1 aliphatic heterocycles. The summed E-state index contributed by atoms with van der Waals surface area (Å²) in [5.74, 6) is 6.84. The van der Waals surface area contributed by atoms with E-state index in [0.29, 0.717) is 18.0 Å². The fourth-order valence-electron chi connectivity index (χ4n) is 1.85. The molecule has 1 saturated heterocycles. The zero-order valence-electron chi connectivity index (χ0n) is 10.2. The van der Waals surface area contributed by atoms with Crippen molar-refractivity contribution in [2.75, 3.05) is 37.6 Å². The molecule has 0 atom stereocenters. The van der Waals surface area contributed by atoms with Gasteiger partial charge in [0.25, 0.3) is 0 Å². The number of aromatic nitrogens is 1. The van der Waals surface area contributed by atoms with E-state index < -0.39 is 0 Å². The maximum atomic E-state index is 6.26. The van der Waals surface area contributed by atoms with Gasteiger partial charge < -0.3 is 16.0 Å². The van der Waals surface area contributed by atoms with Crippen molar-refractivity contribution in [1.82, 2.24) is 10.3 Å². The molecule has 0 unspecified atom stereocenters. The lowest BCUT2D eigenvalue weighted by atomic mass is 10.2. The molecule has 1 aliphatic rings. The van der Waals surface area contributed by atoms with E-state index >= 15 is 0 Å². The Morgan fingerprint density at radius 1 is 1.44 bits per heavy atom. The molecule has 0 saturated carbocycles. The zero-order valence-corrected chi connectivity index (χ0v) is 11.0. The van der Waals surface area contributed by atoms with Crippen LogP contribution < -0.4 is 16.0 Å². The van der Waals surface area contributed by atoms with Crippen LogP contribution >= 0.6 is 11.6 Å². The first-order valence-electron chi connectivity index (χ1n) is 6.11. The number of hydrogen-bond donors (Lipinski definition) is 2. The van der Waals surface area contributed by atoms with E-state index in [-0.39, 0.29) is 0 Å². The number of piperazine rings is 1. The Morgan fingerprint density at radius 3 is 2.89 bits per heavy atom. The van der Waals surface area contributed by atoms with Crippen molar-refractivity contribution in [3.63, 3.8) is 0 Å². The lowest BCUT2D eigenvalue weighted by Gasteiger charge is -2.28. The van der Waals surface area contributed by atoms with Crippen LogP contribution in [0.3, 0.4) is 0 Å². The fourth-order valence-corrected chi connectivity index (χ4v) is 2.13. The molecule has 18 heavy (non-hydrogen) atoms. The Hall–Kier alpha value is -1.28. The van der Waals surface area contributed by atoms with Crippen molar-refractivity contribution >= 4 is 17.4 Å². The highest BCUT2D eigenvalue weighted by atomic mass is 35.5. The van der Waals surface area contributed by atoms with Crippen LogP contribution in [0.15, 0.2) is 12.3 Å². The lowest BCUT2D eigenvalue weighted by Crippen LogP contribution is -2.44. The van der Waals surface area contributed by atoms with Crippen molar-refractivity contribution in [1.29, 1.82) is 0 Å². The molecule has 5 heteroatoms. The van der Waals surface area contributed by atoms with Gasteiger partial charge in [0.05, 0.1) is 5.02 Å². The maximum absolute atomic E-state index is 6.26. The largest absolute Gasteiger partial charge is 0.353 e. The molecule has 0 radical (unpaired) electrons. The van der Waals surface area contributed by atoms with Crippen LogP contribution in [0.1, 0.15) is 12.0 Å². The Kier molecular flexibility index (Phi) is 4.82. The highest BCUT2D eigenvalue weighted by molar-refractivity contribution is 6.33. The average molecular weight is 265 g/mol.